The molecule has 0 amide bonds. The van der Waals surface area contributed by atoms with E-state index in [9.17, 15) is 4.79 Å². The number of pyridine rings is 1. The number of nitrogens with zero attached hydrogens (tertiary/aromatic N) is 4. The number of rotatable bonds is 8. The highest BCUT2D eigenvalue weighted by atomic mass is 16.5. The molecule has 0 aliphatic carbocycles. The SMILES string of the molecule is COc1ccc(CCn2c(C)cc(C(=O)Cn3nccc3-c3ccncc3)c2C)cc1. The summed E-state index contributed by atoms with van der Waals surface area (Å²) in [5.41, 5.74) is 5.97. The first-order valence-corrected chi connectivity index (χ1v) is 10.3. The van der Waals surface area contributed by atoms with Crippen molar-refractivity contribution < 1.29 is 9.53 Å². The van der Waals surface area contributed by atoms with Gasteiger partial charge >= 0.3 is 0 Å². The number of carbonyl (C=O) groups excluding carboxylic acids is 1. The van der Waals surface area contributed by atoms with Gasteiger partial charge in [-0.1, -0.05) is 12.1 Å². The molecule has 0 aliphatic rings. The van der Waals surface area contributed by atoms with Crippen LogP contribution in [0.3, 0.4) is 0 Å². The summed E-state index contributed by atoms with van der Waals surface area (Å²) in [6.07, 6.45) is 6.09. The highest BCUT2D eigenvalue weighted by Gasteiger charge is 2.18. The molecule has 0 bridgehead atoms. The van der Waals surface area contributed by atoms with Crippen molar-refractivity contribution in [1.29, 1.82) is 0 Å². The lowest BCUT2D eigenvalue weighted by Gasteiger charge is -2.11. The van der Waals surface area contributed by atoms with E-state index in [-0.39, 0.29) is 12.3 Å². The molecule has 0 saturated carbocycles. The van der Waals surface area contributed by atoms with Gasteiger partial charge in [-0.15, -0.1) is 0 Å². The molecule has 4 rings (SSSR count). The zero-order chi connectivity index (χ0) is 21.8. The van der Waals surface area contributed by atoms with Crippen LogP contribution in [-0.2, 0) is 19.5 Å². The van der Waals surface area contributed by atoms with Crippen LogP contribution in [0, 0.1) is 13.8 Å². The van der Waals surface area contributed by atoms with Crippen molar-refractivity contribution in [1.82, 2.24) is 19.3 Å². The normalized spacial score (nSPS) is 10.9. The van der Waals surface area contributed by atoms with E-state index in [0.29, 0.717) is 0 Å². The Morgan fingerprint density at radius 2 is 1.74 bits per heavy atom. The van der Waals surface area contributed by atoms with Gasteiger partial charge < -0.3 is 9.30 Å². The van der Waals surface area contributed by atoms with Crippen LogP contribution in [0.15, 0.2) is 67.1 Å². The minimum Gasteiger partial charge on any atom is -0.497 e. The Labute approximate surface area is 182 Å². The molecule has 0 unspecified atom stereocenters. The second-order valence-electron chi connectivity index (χ2n) is 7.57. The first kappa shape index (κ1) is 20.6. The number of aryl methyl sites for hydroxylation is 2. The minimum absolute atomic E-state index is 0.0582. The fourth-order valence-corrected chi connectivity index (χ4v) is 3.91. The van der Waals surface area contributed by atoms with Crippen molar-refractivity contribution in [2.75, 3.05) is 7.11 Å². The molecule has 158 valence electrons. The maximum absolute atomic E-state index is 13.1. The number of methoxy groups -OCH3 is 1. The van der Waals surface area contributed by atoms with E-state index in [2.05, 4.69) is 26.8 Å². The highest BCUT2D eigenvalue weighted by molar-refractivity contribution is 5.97. The Hall–Kier alpha value is -3.67. The highest BCUT2D eigenvalue weighted by Crippen LogP contribution is 2.21. The molecule has 6 nitrogen and oxygen atoms in total. The molecule has 1 aromatic carbocycles. The number of hydrogen-bond donors (Lipinski definition) is 0. The Balaban J connectivity index is 1.49. The zero-order valence-corrected chi connectivity index (χ0v) is 18.1. The van der Waals surface area contributed by atoms with Gasteiger partial charge in [0.1, 0.15) is 12.3 Å². The van der Waals surface area contributed by atoms with Crippen LogP contribution in [0.1, 0.15) is 27.3 Å². The smallest absolute Gasteiger partial charge is 0.186 e. The van der Waals surface area contributed by atoms with Gasteiger partial charge in [-0.05, 0) is 62.2 Å². The van der Waals surface area contributed by atoms with Gasteiger partial charge in [0, 0.05) is 47.7 Å². The van der Waals surface area contributed by atoms with Crippen molar-refractivity contribution in [3.05, 3.63) is 89.6 Å². The summed E-state index contributed by atoms with van der Waals surface area (Å²) >= 11 is 0. The fraction of sp³-hybridized carbons (Fsp3) is 0.240. The molecule has 3 heterocycles. The van der Waals surface area contributed by atoms with E-state index in [0.717, 1.165) is 46.9 Å². The van der Waals surface area contributed by atoms with Crippen LogP contribution < -0.4 is 4.74 Å². The fourth-order valence-electron chi connectivity index (χ4n) is 3.91. The first-order chi connectivity index (χ1) is 15.1. The maximum Gasteiger partial charge on any atom is 0.186 e. The summed E-state index contributed by atoms with van der Waals surface area (Å²) in [7, 11) is 1.67. The largest absolute Gasteiger partial charge is 0.497 e. The van der Waals surface area contributed by atoms with E-state index in [1.54, 1.807) is 30.4 Å². The number of Topliss-reactive ketones (excluding diaryl/α,β-unsaturated/α-hetero) is 1. The number of carbonyl (C=O) groups is 1. The van der Waals surface area contributed by atoms with E-state index >= 15 is 0 Å². The lowest BCUT2D eigenvalue weighted by Crippen LogP contribution is -2.14. The van der Waals surface area contributed by atoms with Gasteiger partial charge in [0.05, 0.1) is 12.8 Å². The second kappa shape index (κ2) is 9.00. The first-order valence-electron chi connectivity index (χ1n) is 10.3. The van der Waals surface area contributed by atoms with E-state index < -0.39 is 0 Å². The Morgan fingerprint density at radius 3 is 2.45 bits per heavy atom. The zero-order valence-electron chi connectivity index (χ0n) is 18.1. The van der Waals surface area contributed by atoms with Crippen molar-refractivity contribution >= 4 is 5.78 Å². The van der Waals surface area contributed by atoms with Crippen molar-refractivity contribution in [2.24, 2.45) is 0 Å². The summed E-state index contributed by atoms with van der Waals surface area (Å²) in [6, 6.07) is 15.9. The predicted octanol–water partition coefficient (Wildman–Crippen LogP) is 4.50. The predicted molar refractivity (Wildman–Crippen MR) is 120 cm³/mol. The van der Waals surface area contributed by atoms with Gasteiger partial charge in [0.2, 0.25) is 0 Å². The summed E-state index contributed by atoms with van der Waals surface area (Å²) in [4.78, 5) is 17.2. The molecule has 0 fully saturated rings. The van der Waals surface area contributed by atoms with E-state index in [1.807, 2.05) is 50.2 Å². The lowest BCUT2D eigenvalue weighted by molar-refractivity contribution is 0.0967. The average molecular weight is 415 g/mol. The Morgan fingerprint density at radius 1 is 1.00 bits per heavy atom. The number of ketones is 1. The second-order valence-corrected chi connectivity index (χ2v) is 7.57. The third-order valence-corrected chi connectivity index (χ3v) is 5.64. The van der Waals surface area contributed by atoms with Gasteiger partial charge in [-0.3, -0.25) is 14.5 Å². The number of benzene rings is 1. The quantitative estimate of drug-likeness (QED) is 0.398. The van der Waals surface area contributed by atoms with Crippen molar-refractivity contribution in [3.63, 3.8) is 0 Å². The molecular weight excluding hydrogens is 388 g/mol. The number of hydrogen-bond acceptors (Lipinski definition) is 4. The molecule has 0 saturated heterocycles. The van der Waals surface area contributed by atoms with Gasteiger partial charge in [0.15, 0.2) is 5.78 Å². The van der Waals surface area contributed by atoms with Crippen LogP contribution in [0.5, 0.6) is 5.75 Å². The maximum atomic E-state index is 13.1. The molecule has 31 heavy (non-hydrogen) atoms. The van der Waals surface area contributed by atoms with Crippen LogP contribution in [0.2, 0.25) is 0 Å². The molecule has 0 N–H and O–H groups in total. The molecule has 6 heteroatoms. The third-order valence-electron chi connectivity index (χ3n) is 5.64. The Kier molecular flexibility index (Phi) is 5.98. The molecule has 3 aromatic heterocycles. The average Bonchev–Trinajstić information content (AvgIpc) is 3.37. The lowest BCUT2D eigenvalue weighted by atomic mass is 10.1. The van der Waals surface area contributed by atoms with Crippen LogP contribution in [0.4, 0.5) is 0 Å². The molecule has 0 spiro atoms. The molecular formula is C25H26N4O2. The molecule has 0 aliphatic heterocycles. The third kappa shape index (κ3) is 4.43. The van der Waals surface area contributed by atoms with Crippen LogP contribution in [-0.4, -0.2) is 32.2 Å². The number of ether oxygens (including phenoxy) is 1. The van der Waals surface area contributed by atoms with E-state index in [4.69, 9.17) is 4.74 Å². The summed E-state index contributed by atoms with van der Waals surface area (Å²) in [6.45, 7) is 5.09. The minimum atomic E-state index is 0.0582. The Bertz CT molecular complexity index is 1170. The standard InChI is InChI=1S/C25H26N4O2/c1-18-16-23(19(2)28(18)15-11-20-4-6-22(31-3)7-5-20)25(30)17-29-24(10-14-27-29)21-8-12-26-13-9-21/h4-10,12-14,16H,11,15,17H2,1-3H3. The summed E-state index contributed by atoms with van der Waals surface area (Å²) in [5, 5.41) is 4.37. The van der Waals surface area contributed by atoms with E-state index in [1.165, 1.54) is 5.56 Å². The summed E-state index contributed by atoms with van der Waals surface area (Å²) < 4.78 is 9.19. The van der Waals surface area contributed by atoms with Crippen LogP contribution in [0.25, 0.3) is 11.3 Å². The number of aromatic nitrogens is 4. The molecule has 0 radical (unpaired) electrons. The molecule has 4 aromatic rings. The van der Waals surface area contributed by atoms with Gasteiger partial charge in [-0.2, -0.15) is 5.10 Å². The van der Waals surface area contributed by atoms with Crippen molar-refractivity contribution in [3.8, 4) is 17.0 Å². The van der Waals surface area contributed by atoms with Crippen LogP contribution >= 0.6 is 0 Å². The topological polar surface area (TPSA) is 61.9 Å². The van der Waals surface area contributed by atoms with Gasteiger partial charge in [0.25, 0.3) is 0 Å². The van der Waals surface area contributed by atoms with Gasteiger partial charge in [-0.25, -0.2) is 0 Å². The summed E-state index contributed by atoms with van der Waals surface area (Å²) in [5.74, 6) is 0.914. The van der Waals surface area contributed by atoms with Crippen molar-refractivity contribution in [2.45, 2.75) is 33.4 Å². The monoisotopic (exact) mass is 414 g/mol. The molecule has 0 atom stereocenters.